The Morgan fingerprint density at radius 3 is 2.61 bits per heavy atom. The van der Waals surface area contributed by atoms with Crippen LogP contribution in [0.5, 0.6) is 0 Å². The van der Waals surface area contributed by atoms with Crippen LogP contribution in [-0.4, -0.2) is 10.8 Å². The third kappa shape index (κ3) is 3.42. The van der Waals surface area contributed by atoms with E-state index in [9.17, 15) is 14.9 Å². The summed E-state index contributed by atoms with van der Waals surface area (Å²) < 4.78 is 1.01. The largest absolute Gasteiger partial charge is 0.326 e. The second-order valence-electron chi connectivity index (χ2n) is 5.75. The molecule has 0 bridgehead atoms. The first kappa shape index (κ1) is 15.7. The van der Waals surface area contributed by atoms with Crippen molar-refractivity contribution in [2.45, 2.75) is 19.3 Å². The van der Waals surface area contributed by atoms with Crippen molar-refractivity contribution in [2.24, 2.45) is 5.92 Å². The molecule has 1 aliphatic rings. The number of rotatable bonds is 4. The average Bonchev–Trinajstić information content (AvgIpc) is 3.30. The molecule has 1 amide bonds. The fourth-order valence-corrected chi connectivity index (χ4v) is 2.95. The number of anilines is 1. The molecule has 0 heterocycles. The molecule has 1 saturated carbocycles. The highest BCUT2D eigenvalue weighted by atomic mass is 79.9. The molecule has 5 nitrogen and oxygen atoms in total. The second kappa shape index (κ2) is 6.12. The summed E-state index contributed by atoms with van der Waals surface area (Å²) in [5.41, 5.74) is 2.20. The third-order valence-electron chi connectivity index (χ3n) is 4.10. The zero-order valence-electron chi connectivity index (χ0n) is 12.5. The van der Waals surface area contributed by atoms with E-state index in [-0.39, 0.29) is 23.4 Å². The molecule has 1 fully saturated rings. The van der Waals surface area contributed by atoms with E-state index in [0.717, 1.165) is 16.5 Å². The number of hydrogen-bond donors (Lipinski definition) is 1. The SMILES string of the molecule is Cc1ccc(NC(=O)C2CC2c2ccc(Br)cc2)cc1[N+](=O)[O-]. The quantitative estimate of drug-likeness (QED) is 0.636. The maximum atomic E-state index is 12.3. The van der Waals surface area contributed by atoms with Crippen molar-refractivity contribution in [2.75, 3.05) is 5.32 Å². The van der Waals surface area contributed by atoms with Crippen molar-refractivity contribution in [1.82, 2.24) is 0 Å². The van der Waals surface area contributed by atoms with Crippen LogP contribution in [0, 0.1) is 23.0 Å². The highest BCUT2D eigenvalue weighted by Crippen LogP contribution is 2.48. The molecular weight excluding hydrogens is 360 g/mol. The summed E-state index contributed by atoms with van der Waals surface area (Å²) in [5, 5.41) is 13.7. The summed E-state index contributed by atoms with van der Waals surface area (Å²) in [4.78, 5) is 22.8. The van der Waals surface area contributed by atoms with Gasteiger partial charge in [-0.15, -0.1) is 0 Å². The topological polar surface area (TPSA) is 72.2 Å². The summed E-state index contributed by atoms with van der Waals surface area (Å²) >= 11 is 3.39. The predicted molar refractivity (Wildman–Crippen MR) is 91.5 cm³/mol. The van der Waals surface area contributed by atoms with Crippen LogP contribution in [0.2, 0.25) is 0 Å². The summed E-state index contributed by atoms with van der Waals surface area (Å²) in [7, 11) is 0. The van der Waals surface area contributed by atoms with Gasteiger partial charge in [0.1, 0.15) is 0 Å². The Morgan fingerprint density at radius 1 is 1.26 bits per heavy atom. The molecule has 3 rings (SSSR count). The van der Waals surface area contributed by atoms with E-state index >= 15 is 0 Å². The number of nitro benzene ring substituents is 1. The van der Waals surface area contributed by atoms with Crippen molar-refractivity contribution in [3.8, 4) is 0 Å². The summed E-state index contributed by atoms with van der Waals surface area (Å²) in [6.07, 6.45) is 0.807. The molecule has 23 heavy (non-hydrogen) atoms. The zero-order chi connectivity index (χ0) is 16.6. The van der Waals surface area contributed by atoms with Gasteiger partial charge in [0.2, 0.25) is 5.91 Å². The fraction of sp³-hybridized carbons (Fsp3) is 0.235. The van der Waals surface area contributed by atoms with Gasteiger partial charge in [-0.25, -0.2) is 0 Å². The van der Waals surface area contributed by atoms with E-state index in [1.165, 1.54) is 6.07 Å². The molecule has 0 aliphatic heterocycles. The number of carbonyl (C=O) groups is 1. The van der Waals surface area contributed by atoms with E-state index in [1.54, 1.807) is 19.1 Å². The van der Waals surface area contributed by atoms with Crippen molar-refractivity contribution >= 4 is 33.2 Å². The summed E-state index contributed by atoms with van der Waals surface area (Å²) in [6.45, 7) is 1.67. The maximum absolute atomic E-state index is 12.3. The van der Waals surface area contributed by atoms with Gasteiger partial charge in [0.15, 0.2) is 0 Å². The number of carbonyl (C=O) groups excluding carboxylic acids is 1. The Kier molecular flexibility index (Phi) is 4.17. The fourth-order valence-electron chi connectivity index (χ4n) is 2.68. The minimum atomic E-state index is -0.438. The highest BCUT2D eigenvalue weighted by Gasteiger charge is 2.43. The Labute approximate surface area is 142 Å². The van der Waals surface area contributed by atoms with Crippen molar-refractivity contribution < 1.29 is 9.72 Å². The van der Waals surface area contributed by atoms with E-state index in [1.807, 2.05) is 24.3 Å². The van der Waals surface area contributed by atoms with Crippen LogP contribution in [0.1, 0.15) is 23.5 Å². The zero-order valence-corrected chi connectivity index (χ0v) is 14.0. The first-order chi connectivity index (χ1) is 11.0. The van der Waals surface area contributed by atoms with Crippen LogP contribution in [0.3, 0.4) is 0 Å². The smallest absolute Gasteiger partial charge is 0.274 e. The monoisotopic (exact) mass is 374 g/mol. The molecule has 0 spiro atoms. The number of halogens is 1. The van der Waals surface area contributed by atoms with E-state index < -0.39 is 4.92 Å². The minimum Gasteiger partial charge on any atom is -0.326 e. The van der Waals surface area contributed by atoms with Gasteiger partial charge in [-0.1, -0.05) is 34.1 Å². The van der Waals surface area contributed by atoms with Crippen LogP contribution in [0.15, 0.2) is 46.9 Å². The van der Waals surface area contributed by atoms with Crippen LogP contribution in [-0.2, 0) is 4.79 Å². The van der Waals surface area contributed by atoms with Crippen LogP contribution in [0.4, 0.5) is 11.4 Å². The lowest BCUT2D eigenvalue weighted by Gasteiger charge is -2.06. The number of benzene rings is 2. The number of hydrogen-bond acceptors (Lipinski definition) is 3. The second-order valence-corrected chi connectivity index (χ2v) is 6.66. The number of nitrogens with zero attached hydrogens (tertiary/aromatic N) is 1. The van der Waals surface area contributed by atoms with Gasteiger partial charge in [-0.3, -0.25) is 14.9 Å². The molecule has 2 unspecified atom stereocenters. The molecule has 0 aromatic heterocycles. The van der Waals surface area contributed by atoms with E-state index in [4.69, 9.17) is 0 Å². The van der Waals surface area contributed by atoms with Gasteiger partial charge in [-0.2, -0.15) is 0 Å². The lowest BCUT2D eigenvalue weighted by atomic mass is 10.1. The van der Waals surface area contributed by atoms with E-state index in [0.29, 0.717) is 11.3 Å². The van der Waals surface area contributed by atoms with Gasteiger partial charge >= 0.3 is 0 Å². The number of amides is 1. The van der Waals surface area contributed by atoms with Gasteiger partial charge in [-0.05, 0) is 43.0 Å². The number of nitrogens with one attached hydrogen (secondary N) is 1. The summed E-state index contributed by atoms with van der Waals surface area (Å²) in [5.74, 6) is 0.0659. The minimum absolute atomic E-state index is 0.0167. The molecule has 118 valence electrons. The Hall–Kier alpha value is -2.21. The molecule has 6 heteroatoms. The molecule has 1 N–H and O–H groups in total. The third-order valence-corrected chi connectivity index (χ3v) is 4.63. The van der Waals surface area contributed by atoms with Crippen LogP contribution in [0.25, 0.3) is 0 Å². The van der Waals surface area contributed by atoms with Gasteiger partial charge in [0, 0.05) is 27.7 Å². The van der Waals surface area contributed by atoms with Gasteiger partial charge < -0.3 is 5.32 Å². The first-order valence-corrected chi connectivity index (χ1v) is 8.06. The van der Waals surface area contributed by atoms with Crippen molar-refractivity contribution in [3.05, 3.63) is 68.2 Å². The lowest BCUT2D eigenvalue weighted by Crippen LogP contribution is -2.14. The number of aryl methyl sites for hydroxylation is 1. The average molecular weight is 375 g/mol. The van der Waals surface area contributed by atoms with Crippen molar-refractivity contribution in [1.29, 1.82) is 0 Å². The van der Waals surface area contributed by atoms with E-state index in [2.05, 4.69) is 21.2 Å². The van der Waals surface area contributed by atoms with Crippen LogP contribution >= 0.6 is 15.9 Å². The molecule has 2 aromatic rings. The van der Waals surface area contributed by atoms with Crippen LogP contribution < -0.4 is 5.32 Å². The normalized spacial score (nSPS) is 19.2. The maximum Gasteiger partial charge on any atom is 0.274 e. The Bertz CT molecular complexity index is 774. The lowest BCUT2D eigenvalue weighted by molar-refractivity contribution is -0.385. The Balaban J connectivity index is 1.68. The highest BCUT2D eigenvalue weighted by molar-refractivity contribution is 9.10. The molecule has 0 radical (unpaired) electrons. The summed E-state index contributed by atoms with van der Waals surface area (Å²) in [6, 6.07) is 12.7. The predicted octanol–water partition coefficient (Wildman–Crippen LogP) is 4.41. The molecule has 2 atom stereocenters. The molecule has 2 aromatic carbocycles. The number of nitro groups is 1. The Morgan fingerprint density at radius 2 is 1.96 bits per heavy atom. The standard InChI is InChI=1S/C17H15BrN2O3/c1-10-2-7-13(8-16(10)20(22)23)19-17(21)15-9-14(15)11-3-5-12(18)6-4-11/h2-8,14-15H,9H2,1H3,(H,19,21). The molecule has 1 aliphatic carbocycles. The van der Waals surface area contributed by atoms with Gasteiger partial charge in [0.05, 0.1) is 4.92 Å². The van der Waals surface area contributed by atoms with Gasteiger partial charge in [0.25, 0.3) is 5.69 Å². The molecular formula is C17H15BrN2O3. The van der Waals surface area contributed by atoms with Crippen molar-refractivity contribution in [3.63, 3.8) is 0 Å². The molecule has 0 saturated heterocycles. The first-order valence-electron chi connectivity index (χ1n) is 7.27.